The Morgan fingerprint density at radius 2 is 1.93 bits per heavy atom. The molecule has 0 fully saturated rings. The SMILES string of the molecule is CCCCCC(C)(NCCC)C(=O)O. The number of hydrogen-bond acceptors (Lipinski definition) is 2. The summed E-state index contributed by atoms with van der Waals surface area (Å²) >= 11 is 0. The summed E-state index contributed by atoms with van der Waals surface area (Å²) in [5.41, 5.74) is -0.731. The molecule has 0 aliphatic rings. The van der Waals surface area contributed by atoms with E-state index in [1.807, 2.05) is 6.92 Å². The summed E-state index contributed by atoms with van der Waals surface area (Å²) in [4.78, 5) is 11.1. The van der Waals surface area contributed by atoms with Gasteiger partial charge in [0.15, 0.2) is 0 Å². The van der Waals surface area contributed by atoms with E-state index in [1.165, 1.54) is 0 Å². The van der Waals surface area contributed by atoms with E-state index < -0.39 is 11.5 Å². The third-order valence-corrected chi connectivity index (χ3v) is 2.52. The van der Waals surface area contributed by atoms with Crippen LogP contribution in [0.1, 0.15) is 52.9 Å². The second kappa shape index (κ2) is 6.82. The smallest absolute Gasteiger partial charge is 0.323 e. The largest absolute Gasteiger partial charge is 0.480 e. The van der Waals surface area contributed by atoms with Crippen molar-refractivity contribution < 1.29 is 9.90 Å². The van der Waals surface area contributed by atoms with Gasteiger partial charge in [-0.2, -0.15) is 0 Å². The Hall–Kier alpha value is -0.570. The lowest BCUT2D eigenvalue weighted by atomic mass is 9.94. The average Bonchev–Trinajstić information content (AvgIpc) is 2.15. The third-order valence-electron chi connectivity index (χ3n) is 2.52. The Kier molecular flexibility index (Phi) is 6.54. The zero-order valence-electron chi connectivity index (χ0n) is 9.60. The molecule has 3 heteroatoms. The van der Waals surface area contributed by atoms with Crippen molar-refractivity contribution in [2.24, 2.45) is 0 Å². The number of aliphatic carboxylic acids is 1. The van der Waals surface area contributed by atoms with Crippen molar-refractivity contribution in [1.29, 1.82) is 0 Å². The highest BCUT2D eigenvalue weighted by molar-refractivity contribution is 5.78. The molecule has 0 aromatic heterocycles. The standard InChI is InChI=1S/C11H23NO2/c1-4-6-7-8-11(3,10(13)14)12-9-5-2/h12H,4-9H2,1-3H3,(H,13,14). The maximum absolute atomic E-state index is 11.1. The van der Waals surface area contributed by atoms with Crippen molar-refractivity contribution in [3.05, 3.63) is 0 Å². The molecule has 14 heavy (non-hydrogen) atoms. The van der Waals surface area contributed by atoms with Gasteiger partial charge in [-0.25, -0.2) is 0 Å². The molecule has 84 valence electrons. The van der Waals surface area contributed by atoms with Gasteiger partial charge in [-0.1, -0.05) is 33.1 Å². The van der Waals surface area contributed by atoms with Crippen molar-refractivity contribution in [3.8, 4) is 0 Å². The molecule has 3 nitrogen and oxygen atoms in total. The lowest BCUT2D eigenvalue weighted by Gasteiger charge is -2.26. The minimum Gasteiger partial charge on any atom is -0.480 e. The monoisotopic (exact) mass is 201 g/mol. The molecule has 0 amide bonds. The lowest BCUT2D eigenvalue weighted by molar-refractivity contribution is -0.144. The number of carbonyl (C=O) groups is 1. The zero-order valence-corrected chi connectivity index (χ0v) is 9.60. The van der Waals surface area contributed by atoms with E-state index in [1.54, 1.807) is 6.92 Å². The first-order chi connectivity index (χ1) is 6.56. The van der Waals surface area contributed by atoms with E-state index in [0.717, 1.165) is 38.6 Å². The molecule has 0 spiro atoms. The number of unbranched alkanes of at least 4 members (excludes halogenated alkanes) is 2. The van der Waals surface area contributed by atoms with Crippen LogP contribution in [0, 0.1) is 0 Å². The van der Waals surface area contributed by atoms with Gasteiger partial charge in [-0.3, -0.25) is 4.79 Å². The summed E-state index contributed by atoms with van der Waals surface area (Å²) in [6.45, 7) is 6.72. The molecule has 1 atom stereocenters. The first kappa shape index (κ1) is 13.4. The van der Waals surface area contributed by atoms with E-state index in [2.05, 4.69) is 12.2 Å². The summed E-state index contributed by atoms with van der Waals surface area (Å²) in [5, 5.41) is 12.2. The Balaban J connectivity index is 4.03. The summed E-state index contributed by atoms with van der Waals surface area (Å²) in [5.74, 6) is -0.734. The Bertz CT molecular complexity index is 171. The van der Waals surface area contributed by atoms with Crippen LogP contribution in [-0.4, -0.2) is 23.2 Å². The van der Waals surface area contributed by atoms with Gasteiger partial charge in [0.05, 0.1) is 0 Å². The highest BCUT2D eigenvalue weighted by Gasteiger charge is 2.31. The molecular formula is C11H23NO2. The zero-order chi connectivity index (χ0) is 11.0. The van der Waals surface area contributed by atoms with Crippen molar-refractivity contribution in [2.75, 3.05) is 6.54 Å². The van der Waals surface area contributed by atoms with Gasteiger partial charge in [0.25, 0.3) is 0 Å². The predicted molar refractivity (Wildman–Crippen MR) is 58.5 cm³/mol. The van der Waals surface area contributed by atoms with Crippen LogP contribution in [0.5, 0.6) is 0 Å². The van der Waals surface area contributed by atoms with Crippen LogP contribution in [0.2, 0.25) is 0 Å². The van der Waals surface area contributed by atoms with E-state index in [9.17, 15) is 4.79 Å². The Labute approximate surface area is 86.9 Å². The second-order valence-electron chi connectivity index (χ2n) is 4.02. The number of hydrogen-bond donors (Lipinski definition) is 2. The van der Waals surface area contributed by atoms with Crippen molar-refractivity contribution in [1.82, 2.24) is 5.32 Å². The van der Waals surface area contributed by atoms with Crippen LogP contribution >= 0.6 is 0 Å². The van der Waals surface area contributed by atoms with Gasteiger partial charge < -0.3 is 10.4 Å². The van der Waals surface area contributed by atoms with Crippen molar-refractivity contribution in [2.45, 2.75) is 58.4 Å². The van der Waals surface area contributed by atoms with Crippen molar-refractivity contribution >= 4 is 5.97 Å². The number of carboxylic acids is 1. The molecule has 2 N–H and O–H groups in total. The van der Waals surface area contributed by atoms with Crippen LogP contribution in [0.15, 0.2) is 0 Å². The fourth-order valence-electron chi connectivity index (χ4n) is 1.40. The minimum absolute atomic E-state index is 0.718. The highest BCUT2D eigenvalue weighted by atomic mass is 16.4. The van der Waals surface area contributed by atoms with Crippen LogP contribution in [0.4, 0.5) is 0 Å². The van der Waals surface area contributed by atoms with Crippen LogP contribution in [-0.2, 0) is 4.79 Å². The molecular weight excluding hydrogens is 178 g/mol. The molecule has 0 bridgehead atoms. The van der Waals surface area contributed by atoms with E-state index in [-0.39, 0.29) is 0 Å². The third kappa shape index (κ3) is 4.61. The summed E-state index contributed by atoms with van der Waals surface area (Å²) in [7, 11) is 0. The summed E-state index contributed by atoms with van der Waals surface area (Å²) in [6, 6.07) is 0. The molecule has 0 aliphatic heterocycles. The van der Waals surface area contributed by atoms with Gasteiger partial charge in [-0.15, -0.1) is 0 Å². The Morgan fingerprint density at radius 3 is 2.36 bits per heavy atom. The lowest BCUT2D eigenvalue weighted by Crippen LogP contribution is -2.49. The fourth-order valence-corrected chi connectivity index (χ4v) is 1.40. The molecule has 1 unspecified atom stereocenters. The minimum atomic E-state index is -0.734. The summed E-state index contributed by atoms with van der Waals surface area (Å²) in [6.07, 6.45) is 4.91. The van der Waals surface area contributed by atoms with Crippen LogP contribution < -0.4 is 5.32 Å². The quantitative estimate of drug-likeness (QED) is 0.593. The number of nitrogens with one attached hydrogen (secondary N) is 1. The van der Waals surface area contributed by atoms with Crippen LogP contribution in [0.3, 0.4) is 0 Å². The van der Waals surface area contributed by atoms with Gasteiger partial charge in [0, 0.05) is 0 Å². The van der Waals surface area contributed by atoms with Gasteiger partial charge in [0.2, 0.25) is 0 Å². The first-order valence-corrected chi connectivity index (χ1v) is 5.55. The van der Waals surface area contributed by atoms with E-state index in [0.29, 0.717) is 0 Å². The van der Waals surface area contributed by atoms with E-state index in [4.69, 9.17) is 5.11 Å². The fraction of sp³-hybridized carbons (Fsp3) is 0.909. The first-order valence-electron chi connectivity index (χ1n) is 5.55. The topological polar surface area (TPSA) is 49.3 Å². The maximum Gasteiger partial charge on any atom is 0.323 e. The molecule has 0 radical (unpaired) electrons. The van der Waals surface area contributed by atoms with Gasteiger partial charge >= 0.3 is 5.97 Å². The molecule has 0 rings (SSSR count). The van der Waals surface area contributed by atoms with Crippen LogP contribution in [0.25, 0.3) is 0 Å². The maximum atomic E-state index is 11.1. The number of rotatable bonds is 8. The normalized spacial score (nSPS) is 15.1. The predicted octanol–water partition coefficient (Wildman–Crippen LogP) is 2.41. The second-order valence-corrected chi connectivity index (χ2v) is 4.02. The number of carboxylic acid groups (broad SMARTS) is 1. The van der Waals surface area contributed by atoms with Gasteiger partial charge in [0.1, 0.15) is 5.54 Å². The highest BCUT2D eigenvalue weighted by Crippen LogP contribution is 2.15. The van der Waals surface area contributed by atoms with Crippen molar-refractivity contribution in [3.63, 3.8) is 0 Å². The molecule has 0 aromatic rings. The molecule has 0 aliphatic carbocycles. The molecule has 0 saturated heterocycles. The Morgan fingerprint density at radius 1 is 1.29 bits per heavy atom. The molecule has 0 heterocycles. The van der Waals surface area contributed by atoms with Gasteiger partial charge in [-0.05, 0) is 26.3 Å². The average molecular weight is 201 g/mol. The van der Waals surface area contributed by atoms with E-state index >= 15 is 0 Å². The molecule has 0 aromatic carbocycles. The summed E-state index contributed by atoms with van der Waals surface area (Å²) < 4.78 is 0. The molecule has 0 saturated carbocycles.